The van der Waals surface area contributed by atoms with Gasteiger partial charge in [-0.05, 0) is 31.4 Å². The van der Waals surface area contributed by atoms with Gasteiger partial charge in [-0.1, -0.05) is 18.7 Å². The van der Waals surface area contributed by atoms with E-state index >= 15 is 0 Å². The Morgan fingerprint density at radius 3 is 2.88 bits per heavy atom. The largest absolute Gasteiger partial charge is 0.379 e. The molecule has 2 aromatic heterocycles. The lowest BCUT2D eigenvalue weighted by molar-refractivity contribution is 0.102. The Bertz CT molecular complexity index is 905. The standard InChI is InChI=1S/C18H18N6OS/c1-4-12-9-22-14(10-21-12)16(25)23-13-5-6-20-15(7-13)18(3)8-11(2)26-17(19)24-18/h1,5-7,9-11H,8H2,2-3H3,(H2,19,24)(H,20,23,25)/t11-,18+/m1/s1. The molecule has 3 N–H and O–H groups in total. The van der Waals surface area contributed by atoms with Crippen molar-refractivity contribution in [2.45, 2.75) is 31.1 Å². The number of hydrogen-bond donors (Lipinski definition) is 2. The van der Waals surface area contributed by atoms with E-state index in [-0.39, 0.29) is 11.6 Å². The molecule has 1 amide bonds. The number of amidine groups is 1. The SMILES string of the molecule is C#Cc1cnc(C(=O)Nc2ccnc([C@]3(C)C[C@@H](C)SC(N)=N3)c2)cn1. The molecule has 1 aliphatic rings. The zero-order chi connectivity index (χ0) is 18.7. The van der Waals surface area contributed by atoms with E-state index in [1.54, 1.807) is 30.1 Å². The minimum absolute atomic E-state index is 0.179. The Morgan fingerprint density at radius 2 is 2.23 bits per heavy atom. The van der Waals surface area contributed by atoms with Crippen LogP contribution in [-0.4, -0.2) is 31.3 Å². The van der Waals surface area contributed by atoms with Crippen molar-refractivity contribution in [1.29, 1.82) is 0 Å². The van der Waals surface area contributed by atoms with Crippen molar-refractivity contribution in [3.05, 3.63) is 47.8 Å². The van der Waals surface area contributed by atoms with Gasteiger partial charge < -0.3 is 11.1 Å². The lowest BCUT2D eigenvalue weighted by Gasteiger charge is -2.32. The maximum Gasteiger partial charge on any atom is 0.275 e. The van der Waals surface area contributed by atoms with Crippen LogP contribution in [0.1, 0.15) is 42.1 Å². The van der Waals surface area contributed by atoms with E-state index < -0.39 is 5.54 Å². The van der Waals surface area contributed by atoms with Crippen LogP contribution in [0.5, 0.6) is 0 Å². The second-order valence-corrected chi connectivity index (χ2v) is 7.63. The van der Waals surface area contributed by atoms with Gasteiger partial charge in [0.2, 0.25) is 0 Å². The third-order valence-corrected chi connectivity index (χ3v) is 4.87. The number of terminal acetylenes is 1. The van der Waals surface area contributed by atoms with Crippen molar-refractivity contribution >= 4 is 28.5 Å². The summed E-state index contributed by atoms with van der Waals surface area (Å²) >= 11 is 1.55. The Kier molecular flexibility index (Phi) is 4.91. The normalized spacial score (nSPS) is 22.2. The molecule has 3 heterocycles. The predicted octanol–water partition coefficient (Wildman–Crippen LogP) is 2.16. The van der Waals surface area contributed by atoms with E-state index in [2.05, 4.69) is 38.1 Å². The summed E-state index contributed by atoms with van der Waals surface area (Å²) in [5.74, 6) is 1.98. The van der Waals surface area contributed by atoms with Crippen LogP contribution < -0.4 is 11.1 Å². The van der Waals surface area contributed by atoms with E-state index in [9.17, 15) is 4.79 Å². The van der Waals surface area contributed by atoms with Crippen LogP contribution in [-0.2, 0) is 5.54 Å². The first-order chi connectivity index (χ1) is 12.4. The van der Waals surface area contributed by atoms with Gasteiger partial charge in [0.05, 0.1) is 18.1 Å². The predicted molar refractivity (Wildman–Crippen MR) is 103 cm³/mol. The number of pyridine rings is 1. The zero-order valence-electron chi connectivity index (χ0n) is 14.4. The number of thioether (sulfide) groups is 1. The van der Waals surface area contributed by atoms with Crippen molar-refractivity contribution < 1.29 is 4.79 Å². The van der Waals surface area contributed by atoms with Crippen LogP contribution in [0.4, 0.5) is 5.69 Å². The number of nitrogens with zero attached hydrogens (tertiary/aromatic N) is 4. The molecule has 1 aliphatic heterocycles. The lowest BCUT2D eigenvalue weighted by atomic mass is 9.91. The molecule has 2 aromatic rings. The highest BCUT2D eigenvalue weighted by atomic mass is 32.2. The molecule has 26 heavy (non-hydrogen) atoms. The van der Waals surface area contributed by atoms with E-state index in [1.807, 2.05) is 6.92 Å². The first-order valence-corrected chi connectivity index (χ1v) is 8.86. The van der Waals surface area contributed by atoms with Gasteiger partial charge in [-0.3, -0.25) is 9.78 Å². The molecule has 0 saturated heterocycles. The quantitative estimate of drug-likeness (QED) is 0.806. The van der Waals surface area contributed by atoms with Gasteiger partial charge in [-0.2, -0.15) is 0 Å². The average Bonchev–Trinajstić information content (AvgIpc) is 2.61. The fraction of sp³-hybridized carbons (Fsp3) is 0.278. The van der Waals surface area contributed by atoms with Gasteiger partial charge in [0.1, 0.15) is 16.9 Å². The van der Waals surface area contributed by atoms with Crippen LogP contribution in [0.2, 0.25) is 0 Å². The molecule has 0 aliphatic carbocycles. The number of carbonyl (C=O) groups is 1. The molecule has 0 radical (unpaired) electrons. The number of nitrogens with two attached hydrogens (primary N) is 1. The number of amides is 1. The first kappa shape index (κ1) is 17.9. The molecule has 7 nitrogen and oxygen atoms in total. The zero-order valence-corrected chi connectivity index (χ0v) is 15.2. The number of carbonyl (C=O) groups excluding carboxylic acids is 1. The van der Waals surface area contributed by atoms with Gasteiger partial charge in [-0.25, -0.2) is 15.0 Å². The summed E-state index contributed by atoms with van der Waals surface area (Å²) in [5.41, 5.74) is 7.32. The van der Waals surface area contributed by atoms with Gasteiger partial charge >= 0.3 is 0 Å². The fourth-order valence-electron chi connectivity index (χ4n) is 2.80. The van der Waals surface area contributed by atoms with Gasteiger partial charge in [0.15, 0.2) is 5.17 Å². The first-order valence-electron chi connectivity index (χ1n) is 7.98. The van der Waals surface area contributed by atoms with Crippen LogP contribution in [0.25, 0.3) is 0 Å². The summed E-state index contributed by atoms with van der Waals surface area (Å²) < 4.78 is 0. The highest BCUT2D eigenvalue weighted by Gasteiger charge is 2.34. The number of rotatable bonds is 3. The van der Waals surface area contributed by atoms with Gasteiger partial charge in [0.25, 0.3) is 5.91 Å². The summed E-state index contributed by atoms with van der Waals surface area (Å²) in [4.78, 5) is 29.3. The number of aromatic nitrogens is 3. The molecular formula is C18H18N6OS. The second kappa shape index (κ2) is 7.14. The Morgan fingerprint density at radius 1 is 1.42 bits per heavy atom. The van der Waals surface area contributed by atoms with Gasteiger partial charge in [-0.15, -0.1) is 6.42 Å². The molecule has 0 bridgehead atoms. The van der Waals surface area contributed by atoms with Crippen LogP contribution in [0.15, 0.2) is 35.7 Å². The van der Waals surface area contributed by atoms with Gasteiger partial charge in [0, 0.05) is 17.1 Å². The number of hydrogen-bond acceptors (Lipinski definition) is 7. The molecule has 0 saturated carbocycles. The molecule has 3 rings (SSSR count). The topological polar surface area (TPSA) is 106 Å². The molecule has 8 heteroatoms. The third kappa shape index (κ3) is 3.83. The van der Waals surface area contributed by atoms with Crippen molar-refractivity contribution in [3.63, 3.8) is 0 Å². The van der Waals surface area contributed by atoms with Crippen molar-refractivity contribution in [2.24, 2.45) is 10.7 Å². The molecule has 0 fully saturated rings. The monoisotopic (exact) mass is 366 g/mol. The van der Waals surface area contributed by atoms with E-state index in [4.69, 9.17) is 12.2 Å². The summed E-state index contributed by atoms with van der Waals surface area (Å²) in [6, 6.07) is 3.52. The fourth-order valence-corrected chi connectivity index (χ4v) is 3.88. The summed E-state index contributed by atoms with van der Waals surface area (Å²) in [5, 5.41) is 3.68. The molecule has 0 spiro atoms. The summed E-state index contributed by atoms with van der Waals surface area (Å²) in [7, 11) is 0. The molecule has 0 unspecified atom stereocenters. The van der Waals surface area contributed by atoms with Crippen molar-refractivity contribution in [1.82, 2.24) is 15.0 Å². The molecule has 2 atom stereocenters. The molecular weight excluding hydrogens is 348 g/mol. The number of aliphatic imine (C=N–C) groups is 1. The van der Waals surface area contributed by atoms with E-state index in [1.165, 1.54) is 12.4 Å². The lowest BCUT2D eigenvalue weighted by Crippen LogP contribution is -2.33. The Hall–Kier alpha value is -2.92. The van der Waals surface area contributed by atoms with Crippen molar-refractivity contribution in [2.75, 3.05) is 5.32 Å². The average molecular weight is 366 g/mol. The van der Waals surface area contributed by atoms with Crippen molar-refractivity contribution in [3.8, 4) is 12.3 Å². The molecule has 0 aromatic carbocycles. The minimum atomic E-state index is -0.524. The summed E-state index contributed by atoms with van der Waals surface area (Å²) in [6.07, 6.45) is 10.4. The maximum absolute atomic E-state index is 12.3. The Balaban J connectivity index is 1.82. The minimum Gasteiger partial charge on any atom is -0.379 e. The van der Waals surface area contributed by atoms with E-state index in [0.717, 1.165) is 12.1 Å². The Labute approximate surface area is 155 Å². The van der Waals surface area contributed by atoms with Crippen LogP contribution in [0, 0.1) is 12.3 Å². The number of anilines is 1. The van der Waals surface area contributed by atoms with E-state index in [0.29, 0.717) is 21.8 Å². The van der Waals surface area contributed by atoms with Crippen LogP contribution >= 0.6 is 11.8 Å². The summed E-state index contributed by atoms with van der Waals surface area (Å²) in [6.45, 7) is 4.10. The smallest absolute Gasteiger partial charge is 0.275 e. The van der Waals surface area contributed by atoms with Crippen LogP contribution in [0.3, 0.4) is 0 Å². The highest BCUT2D eigenvalue weighted by Crippen LogP contribution is 2.38. The highest BCUT2D eigenvalue weighted by molar-refractivity contribution is 8.14. The number of nitrogens with one attached hydrogen (secondary N) is 1. The third-order valence-electron chi connectivity index (χ3n) is 3.97. The molecule has 132 valence electrons. The maximum atomic E-state index is 12.3. The second-order valence-electron chi connectivity index (χ2n) is 6.17.